The van der Waals surface area contributed by atoms with Gasteiger partial charge in [-0.05, 0) is 17.1 Å². The van der Waals surface area contributed by atoms with E-state index in [0.29, 0.717) is 0 Å². The van der Waals surface area contributed by atoms with Crippen molar-refractivity contribution in [2.45, 2.75) is 37.1 Å². The van der Waals surface area contributed by atoms with Gasteiger partial charge in [0.2, 0.25) is 0 Å². The summed E-state index contributed by atoms with van der Waals surface area (Å²) < 4.78 is 27.7. The van der Waals surface area contributed by atoms with E-state index in [1.54, 1.807) is 13.1 Å². The number of fused-ring (bicyclic) bond motifs is 2. The van der Waals surface area contributed by atoms with Crippen molar-refractivity contribution in [3.8, 4) is 0 Å². The van der Waals surface area contributed by atoms with Crippen molar-refractivity contribution in [2.24, 2.45) is 5.73 Å². The van der Waals surface area contributed by atoms with E-state index in [9.17, 15) is 14.5 Å². The Morgan fingerprint density at radius 1 is 1.68 bits per heavy atom. The second-order valence-electron chi connectivity index (χ2n) is 5.71. The normalized spacial score (nSPS) is 41.5. The molecule has 4 N–H and O–H groups in total. The van der Waals surface area contributed by atoms with E-state index in [-0.39, 0.29) is 13.2 Å². The van der Waals surface area contributed by atoms with Crippen molar-refractivity contribution in [3.05, 3.63) is 11.8 Å². The summed E-state index contributed by atoms with van der Waals surface area (Å²) in [6.07, 6.45) is -1.41. The summed E-state index contributed by atoms with van der Waals surface area (Å²) in [4.78, 5) is 13.4. The van der Waals surface area contributed by atoms with Gasteiger partial charge in [-0.25, -0.2) is 4.79 Å². The highest BCUT2D eigenvalue weighted by Gasteiger charge is 2.64. The zero-order valence-electron chi connectivity index (χ0n) is 12.3. The zero-order valence-corrected chi connectivity index (χ0v) is 13.2. The highest BCUT2D eigenvalue weighted by atomic mass is 31.1. The molecule has 2 saturated heterocycles. The lowest BCUT2D eigenvalue weighted by Crippen LogP contribution is -2.57. The van der Waals surface area contributed by atoms with E-state index in [1.165, 1.54) is 11.6 Å². The molecule has 122 valence electrons. The van der Waals surface area contributed by atoms with Crippen LogP contribution in [0.25, 0.3) is 0 Å². The van der Waals surface area contributed by atoms with E-state index in [0.717, 1.165) is 5.57 Å². The highest BCUT2D eigenvalue weighted by molar-refractivity contribution is 7.38. The highest BCUT2D eigenvalue weighted by Crippen LogP contribution is 2.43. The standard InChI is InChI=1S/C12H18N3O6P/c1-6-3-15(11(17)14-9(6)13)10-7-8(16)12(21-10,4-19-7)5-20-22(2)18/h3,7-10,16H,4-5,13H2,1-2H3/p+1/t7-,8+,9?,10-,12-/m1/s1. The van der Waals surface area contributed by atoms with Crippen molar-refractivity contribution in [1.29, 1.82) is 0 Å². The lowest BCUT2D eigenvalue weighted by molar-refractivity contribution is -0.186. The minimum Gasteiger partial charge on any atom is -0.387 e. The monoisotopic (exact) mass is 332 g/mol. The zero-order chi connectivity index (χ0) is 16.1. The molecule has 3 rings (SSSR count). The summed E-state index contributed by atoms with van der Waals surface area (Å²) in [5, 5.41) is 13.0. The number of urea groups is 1. The number of ether oxygens (including phenoxy) is 2. The molecule has 0 aromatic rings. The second kappa shape index (κ2) is 5.52. The van der Waals surface area contributed by atoms with Gasteiger partial charge in [0.1, 0.15) is 25.0 Å². The maximum atomic E-state index is 12.1. The van der Waals surface area contributed by atoms with Crippen molar-refractivity contribution in [1.82, 2.24) is 10.2 Å². The summed E-state index contributed by atoms with van der Waals surface area (Å²) in [7, 11) is -1.82. The minimum atomic E-state index is -1.82. The molecule has 2 bridgehead atoms. The molecular formula is C12H19N3O6P+. The van der Waals surface area contributed by atoms with Crippen molar-refractivity contribution in [3.63, 3.8) is 0 Å². The van der Waals surface area contributed by atoms with Gasteiger partial charge in [-0.1, -0.05) is 0 Å². The van der Waals surface area contributed by atoms with Crippen LogP contribution in [-0.4, -0.2) is 66.1 Å². The van der Waals surface area contributed by atoms with Crippen molar-refractivity contribution >= 4 is 14.1 Å². The van der Waals surface area contributed by atoms with Crippen molar-refractivity contribution in [2.75, 3.05) is 19.9 Å². The van der Waals surface area contributed by atoms with Crippen LogP contribution in [0.5, 0.6) is 0 Å². The summed E-state index contributed by atoms with van der Waals surface area (Å²) in [5.41, 5.74) is 5.38. The number of aliphatic hydroxyl groups excluding tert-OH is 1. The number of nitrogens with zero attached hydrogens (tertiary/aromatic N) is 1. The van der Waals surface area contributed by atoms with E-state index in [4.69, 9.17) is 19.7 Å². The Labute approximate surface area is 128 Å². The Morgan fingerprint density at radius 3 is 3.09 bits per heavy atom. The molecule has 3 aliphatic heterocycles. The lowest BCUT2D eigenvalue weighted by atomic mass is 10.0. The third-order valence-corrected chi connectivity index (χ3v) is 4.61. The third kappa shape index (κ3) is 2.44. The first-order valence-corrected chi connectivity index (χ1v) is 8.50. The quantitative estimate of drug-likeness (QED) is 0.590. The Hall–Kier alpha value is -1.09. The van der Waals surface area contributed by atoms with Gasteiger partial charge in [-0.15, -0.1) is 4.52 Å². The molecule has 0 radical (unpaired) electrons. The van der Waals surface area contributed by atoms with Gasteiger partial charge >= 0.3 is 14.1 Å². The van der Waals surface area contributed by atoms with Crippen LogP contribution >= 0.6 is 8.03 Å². The molecule has 0 saturated carbocycles. The molecule has 6 atom stereocenters. The molecule has 0 aromatic heterocycles. The molecule has 10 heteroatoms. The van der Waals surface area contributed by atoms with Gasteiger partial charge < -0.3 is 25.6 Å². The number of nitrogens with two attached hydrogens (primary N) is 1. The van der Waals surface area contributed by atoms with Crippen LogP contribution in [0.1, 0.15) is 6.92 Å². The van der Waals surface area contributed by atoms with Gasteiger partial charge in [0.05, 0.1) is 6.61 Å². The van der Waals surface area contributed by atoms with Crippen LogP contribution in [0, 0.1) is 0 Å². The Morgan fingerprint density at radius 2 is 2.41 bits per heavy atom. The lowest BCUT2D eigenvalue weighted by Gasteiger charge is -2.37. The molecule has 2 amide bonds. The number of carbonyl (C=O) groups excluding carboxylic acids is 1. The Balaban J connectivity index is 1.80. The average molecular weight is 332 g/mol. The number of hydrogen-bond acceptors (Lipinski definition) is 7. The predicted molar refractivity (Wildman–Crippen MR) is 74.9 cm³/mol. The summed E-state index contributed by atoms with van der Waals surface area (Å²) in [5.74, 6) is 0. The summed E-state index contributed by atoms with van der Waals surface area (Å²) in [6, 6.07) is -0.427. The molecule has 0 spiro atoms. The Kier molecular flexibility index (Phi) is 3.96. The van der Waals surface area contributed by atoms with Crippen LogP contribution in [0.15, 0.2) is 11.8 Å². The fourth-order valence-corrected chi connectivity index (χ4v) is 3.21. The molecule has 0 aromatic carbocycles. The Bertz CT molecular complexity index is 543. The number of rotatable bonds is 4. The molecule has 2 fully saturated rings. The largest absolute Gasteiger partial charge is 0.504 e. The van der Waals surface area contributed by atoms with Crippen LogP contribution in [-0.2, 0) is 18.6 Å². The van der Waals surface area contributed by atoms with Crippen LogP contribution in [0.3, 0.4) is 0 Å². The van der Waals surface area contributed by atoms with E-state index in [1.807, 2.05) is 0 Å². The molecule has 3 aliphatic rings. The SMILES string of the molecule is CC1=CN([C@@H]2O[C@@]3(CO[P+](C)=O)CO[C@@H]2[C@@H]3O)C(=O)NC1N. The summed E-state index contributed by atoms with van der Waals surface area (Å²) >= 11 is 0. The summed E-state index contributed by atoms with van der Waals surface area (Å²) in [6.45, 7) is 3.26. The first-order chi connectivity index (χ1) is 10.3. The first kappa shape index (κ1) is 15.8. The van der Waals surface area contributed by atoms with Crippen LogP contribution in [0.4, 0.5) is 4.79 Å². The van der Waals surface area contributed by atoms with Crippen molar-refractivity contribution < 1.29 is 28.5 Å². The smallest absolute Gasteiger partial charge is 0.387 e. The topological polar surface area (TPSA) is 123 Å². The van der Waals surface area contributed by atoms with E-state index >= 15 is 0 Å². The number of amides is 2. The molecule has 0 aliphatic carbocycles. The van der Waals surface area contributed by atoms with Crippen LogP contribution in [0.2, 0.25) is 0 Å². The van der Waals surface area contributed by atoms with Gasteiger partial charge in [0.15, 0.2) is 18.5 Å². The average Bonchev–Trinajstić information content (AvgIpc) is 2.91. The first-order valence-electron chi connectivity index (χ1n) is 6.88. The van der Waals surface area contributed by atoms with E-state index < -0.39 is 44.3 Å². The maximum absolute atomic E-state index is 12.1. The van der Waals surface area contributed by atoms with Gasteiger partial charge in [0, 0.05) is 6.20 Å². The fourth-order valence-electron chi connectivity index (χ4n) is 2.81. The minimum absolute atomic E-state index is 0.0649. The number of hydrogen-bond donors (Lipinski definition) is 3. The molecular weight excluding hydrogens is 313 g/mol. The van der Waals surface area contributed by atoms with Gasteiger partial charge in [-0.2, -0.15) is 0 Å². The molecule has 22 heavy (non-hydrogen) atoms. The second-order valence-corrected chi connectivity index (χ2v) is 6.85. The fraction of sp³-hybridized carbons (Fsp3) is 0.750. The van der Waals surface area contributed by atoms with Gasteiger partial charge in [0.25, 0.3) is 0 Å². The van der Waals surface area contributed by atoms with E-state index in [2.05, 4.69) is 5.32 Å². The number of aliphatic hydroxyl groups is 1. The predicted octanol–water partition coefficient (Wildman–Crippen LogP) is -0.556. The molecule has 9 nitrogen and oxygen atoms in total. The molecule has 2 unspecified atom stereocenters. The van der Waals surface area contributed by atoms with Gasteiger partial charge in [-0.3, -0.25) is 4.90 Å². The number of carbonyl (C=O) groups is 1. The number of nitrogens with one attached hydrogen (secondary N) is 1. The molecule has 3 heterocycles. The maximum Gasteiger partial charge on any atom is 0.504 e. The third-order valence-electron chi connectivity index (χ3n) is 4.12. The van der Waals surface area contributed by atoms with Crippen LogP contribution < -0.4 is 11.1 Å².